The third-order valence-electron chi connectivity index (χ3n) is 2.79. The van der Waals surface area contributed by atoms with Gasteiger partial charge in [0.25, 0.3) is 0 Å². The van der Waals surface area contributed by atoms with E-state index in [1.807, 2.05) is 0 Å². The Morgan fingerprint density at radius 2 is 2.19 bits per heavy atom. The molecule has 0 bridgehead atoms. The number of hydrogen-bond acceptors (Lipinski definition) is 5. The van der Waals surface area contributed by atoms with Crippen molar-refractivity contribution in [3.63, 3.8) is 0 Å². The lowest BCUT2D eigenvalue weighted by Gasteiger charge is -2.42. The van der Waals surface area contributed by atoms with E-state index in [4.69, 9.17) is 14.6 Å². The van der Waals surface area contributed by atoms with Crippen molar-refractivity contribution in [2.24, 2.45) is 0 Å². The van der Waals surface area contributed by atoms with Crippen molar-refractivity contribution in [2.45, 2.75) is 44.3 Å². The first kappa shape index (κ1) is 13.4. The number of aliphatic hydroxyl groups is 2. The number of nitrogens with one attached hydrogen (secondary N) is 1. The van der Waals surface area contributed by atoms with Gasteiger partial charge in [-0.15, -0.1) is 0 Å². The standard InChI is InChI=1S/C10H19NO5/c1-5-8(11-6(2)13)10(15-3)9(14)7(4-12)16-5/h5,7-10,12,14H,4H2,1-3H3,(H,11,13)/t5-,7?,8?,9+,10+/m0/s1. The molecule has 0 aromatic rings. The minimum Gasteiger partial charge on any atom is -0.394 e. The van der Waals surface area contributed by atoms with E-state index in [0.717, 1.165) is 0 Å². The maximum Gasteiger partial charge on any atom is 0.217 e. The molecule has 0 aromatic carbocycles. The summed E-state index contributed by atoms with van der Waals surface area (Å²) in [7, 11) is 1.45. The van der Waals surface area contributed by atoms with Crippen LogP contribution in [0.1, 0.15) is 13.8 Å². The van der Waals surface area contributed by atoms with Crippen LogP contribution in [-0.4, -0.2) is 60.3 Å². The maximum atomic E-state index is 11.0. The average Bonchev–Trinajstić information content (AvgIpc) is 2.23. The lowest BCUT2D eigenvalue weighted by molar-refractivity contribution is -0.197. The fourth-order valence-corrected chi connectivity index (χ4v) is 2.00. The number of hydrogen-bond donors (Lipinski definition) is 3. The molecule has 1 rings (SSSR count). The van der Waals surface area contributed by atoms with Gasteiger partial charge < -0.3 is 25.0 Å². The number of methoxy groups -OCH3 is 1. The summed E-state index contributed by atoms with van der Waals surface area (Å²) < 4.78 is 10.6. The first-order chi connectivity index (χ1) is 7.51. The van der Waals surface area contributed by atoms with Gasteiger partial charge in [0.2, 0.25) is 5.91 Å². The highest BCUT2D eigenvalue weighted by Gasteiger charge is 2.43. The summed E-state index contributed by atoms with van der Waals surface area (Å²) in [5, 5.41) is 21.6. The van der Waals surface area contributed by atoms with Crippen molar-refractivity contribution >= 4 is 5.91 Å². The third kappa shape index (κ3) is 2.70. The molecule has 0 aromatic heterocycles. The Kier molecular flexibility index (Phi) is 4.67. The van der Waals surface area contributed by atoms with Crippen molar-refractivity contribution in [1.82, 2.24) is 5.32 Å². The average molecular weight is 233 g/mol. The highest BCUT2D eigenvalue weighted by atomic mass is 16.5. The van der Waals surface area contributed by atoms with Crippen LogP contribution in [0.5, 0.6) is 0 Å². The predicted molar refractivity (Wildman–Crippen MR) is 55.8 cm³/mol. The fourth-order valence-electron chi connectivity index (χ4n) is 2.00. The van der Waals surface area contributed by atoms with E-state index in [-0.39, 0.29) is 18.6 Å². The van der Waals surface area contributed by atoms with Crippen LogP contribution in [0.4, 0.5) is 0 Å². The molecule has 0 spiro atoms. The lowest BCUT2D eigenvalue weighted by Crippen LogP contribution is -2.63. The molecule has 6 heteroatoms. The Morgan fingerprint density at radius 1 is 1.56 bits per heavy atom. The molecule has 5 atom stereocenters. The van der Waals surface area contributed by atoms with Crippen molar-refractivity contribution < 1.29 is 24.5 Å². The van der Waals surface area contributed by atoms with Crippen LogP contribution in [0, 0.1) is 0 Å². The highest BCUT2D eigenvalue weighted by Crippen LogP contribution is 2.22. The van der Waals surface area contributed by atoms with Crippen LogP contribution < -0.4 is 5.32 Å². The van der Waals surface area contributed by atoms with Crippen molar-refractivity contribution in [3.05, 3.63) is 0 Å². The molecule has 16 heavy (non-hydrogen) atoms. The van der Waals surface area contributed by atoms with Gasteiger partial charge in [-0.25, -0.2) is 0 Å². The van der Waals surface area contributed by atoms with Crippen LogP contribution in [0.3, 0.4) is 0 Å². The van der Waals surface area contributed by atoms with Gasteiger partial charge in [-0.1, -0.05) is 0 Å². The molecule has 0 radical (unpaired) electrons. The molecule has 1 aliphatic rings. The Labute approximate surface area is 94.5 Å². The van der Waals surface area contributed by atoms with Crippen LogP contribution in [0.15, 0.2) is 0 Å². The molecule has 3 N–H and O–H groups in total. The Hall–Kier alpha value is -0.690. The summed E-state index contributed by atoms with van der Waals surface area (Å²) in [6.07, 6.45) is -2.53. The van der Waals surface area contributed by atoms with Crippen LogP contribution in [-0.2, 0) is 14.3 Å². The SMILES string of the molecule is CO[C@@H]1C(NC(C)=O)[C@H](C)OC(CO)[C@H]1O. The molecule has 6 nitrogen and oxygen atoms in total. The second-order valence-corrected chi connectivity index (χ2v) is 3.98. The zero-order chi connectivity index (χ0) is 12.3. The van der Waals surface area contributed by atoms with E-state index in [1.54, 1.807) is 6.92 Å². The van der Waals surface area contributed by atoms with E-state index in [9.17, 15) is 9.90 Å². The molecule has 0 aliphatic carbocycles. The van der Waals surface area contributed by atoms with E-state index in [1.165, 1.54) is 14.0 Å². The maximum absolute atomic E-state index is 11.0. The summed E-state index contributed by atoms with van der Waals surface area (Å²) in [5.74, 6) is -0.211. The van der Waals surface area contributed by atoms with Gasteiger partial charge in [0.05, 0.1) is 18.8 Å². The Balaban J connectivity index is 2.78. The molecular weight excluding hydrogens is 214 g/mol. The second-order valence-electron chi connectivity index (χ2n) is 3.98. The number of ether oxygens (including phenoxy) is 2. The van der Waals surface area contributed by atoms with Crippen molar-refractivity contribution in [2.75, 3.05) is 13.7 Å². The molecule has 0 saturated carbocycles. The molecule has 1 heterocycles. The van der Waals surface area contributed by atoms with E-state index in [2.05, 4.69) is 5.32 Å². The van der Waals surface area contributed by atoms with Gasteiger partial charge in [-0.05, 0) is 6.92 Å². The summed E-state index contributed by atoms with van der Waals surface area (Å²) in [5.41, 5.74) is 0. The third-order valence-corrected chi connectivity index (χ3v) is 2.79. The lowest BCUT2D eigenvalue weighted by atomic mass is 9.93. The normalized spacial score (nSPS) is 39.4. The van der Waals surface area contributed by atoms with Crippen molar-refractivity contribution in [1.29, 1.82) is 0 Å². The summed E-state index contributed by atoms with van der Waals surface area (Å²) >= 11 is 0. The summed E-state index contributed by atoms with van der Waals surface area (Å²) in [4.78, 5) is 11.0. The van der Waals surface area contributed by atoms with Gasteiger partial charge in [0, 0.05) is 14.0 Å². The quantitative estimate of drug-likeness (QED) is 0.561. The topological polar surface area (TPSA) is 88.0 Å². The Morgan fingerprint density at radius 3 is 2.62 bits per heavy atom. The predicted octanol–water partition coefficient (Wildman–Crippen LogP) is -1.35. The highest BCUT2D eigenvalue weighted by molar-refractivity contribution is 5.73. The number of carbonyl (C=O) groups excluding carboxylic acids is 1. The van der Waals surface area contributed by atoms with Gasteiger partial charge in [0.15, 0.2) is 0 Å². The number of amides is 1. The van der Waals surface area contributed by atoms with Crippen LogP contribution in [0.25, 0.3) is 0 Å². The molecule has 1 amide bonds. The Bertz CT molecular complexity index is 247. The molecule has 1 fully saturated rings. The van der Waals surface area contributed by atoms with Gasteiger partial charge >= 0.3 is 0 Å². The number of rotatable bonds is 3. The largest absolute Gasteiger partial charge is 0.394 e. The van der Waals surface area contributed by atoms with Crippen LogP contribution in [0.2, 0.25) is 0 Å². The summed E-state index contributed by atoms with van der Waals surface area (Å²) in [6, 6.07) is -0.416. The minimum absolute atomic E-state index is 0.211. The molecule has 1 saturated heterocycles. The number of carbonyl (C=O) groups is 1. The zero-order valence-corrected chi connectivity index (χ0v) is 9.71. The molecular formula is C10H19NO5. The minimum atomic E-state index is -0.956. The monoisotopic (exact) mass is 233 g/mol. The van der Waals surface area contributed by atoms with Crippen LogP contribution >= 0.6 is 0 Å². The smallest absolute Gasteiger partial charge is 0.217 e. The van der Waals surface area contributed by atoms with Gasteiger partial charge in [-0.3, -0.25) is 4.79 Å². The van der Waals surface area contributed by atoms with E-state index >= 15 is 0 Å². The fraction of sp³-hybridized carbons (Fsp3) is 0.900. The molecule has 94 valence electrons. The first-order valence-corrected chi connectivity index (χ1v) is 5.25. The second kappa shape index (κ2) is 5.58. The van der Waals surface area contributed by atoms with Crippen molar-refractivity contribution in [3.8, 4) is 0 Å². The van der Waals surface area contributed by atoms with Gasteiger partial charge in [-0.2, -0.15) is 0 Å². The first-order valence-electron chi connectivity index (χ1n) is 5.25. The van der Waals surface area contributed by atoms with E-state index in [0.29, 0.717) is 0 Å². The van der Waals surface area contributed by atoms with E-state index < -0.39 is 24.4 Å². The number of aliphatic hydroxyl groups excluding tert-OH is 2. The molecule has 1 aliphatic heterocycles. The van der Waals surface area contributed by atoms with Gasteiger partial charge in [0.1, 0.15) is 18.3 Å². The summed E-state index contributed by atoms with van der Waals surface area (Å²) in [6.45, 7) is 2.88. The zero-order valence-electron chi connectivity index (χ0n) is 9.71. The molecule has 2 unspecified atom stereocenters.